The summed E-state index contributed by atoms with van der Waals surface area (Å²) in [6.45, 7) is 24.3. The highest BCUT2D eigenvalue weighted by molar-refractivity contribution is 5.80. The molecule has 0 atom stereocenters. The van der Waals surface area contributed by atoms with Gasteiger partial charge in [0.15, 0.2) is 0 Å². The molecule has 3 nitrogen and oxygen atoms in total. The highest BCUT2D eigenvalue weighted by Gasteiger charge is 2.03. The van der Waals surface area contributed by atoms with E-state index < -0.39 is 0 Å². The second-order valence-corrected chi connectivity index (χ2v) is 14.8. The van der Waals surface area contributed by atoms with E-state index in [1.165, 1.54) is 54.4 Å². The van der Waals surface area contributed by atoms with E-state index in [4.69, 9.17) is 0 Å². The zero-order chi connectivity index (χ0) is 34.2. The minimum Gasteiger partial charge on any atom is -0.289 e. The van der Waals surface area contributed by atoms with E-state index in [1.807, 2.05) is 24.8 Å². The third kappa shape index (κ3) is 23.3. The predicted molar refractivity (Wildman–Crippen MR) is 207 cm³/mol. The van der Waals surface area contributed by atoms with E-state index in [2.05, 4.69) is 145 Å². The van der Waals surface area contributed by atoms with Gasteiger partial charge in [0.05, 0.1) is 13.1 Å². The molecule has 254 valence electrons. The lowest BCUT2D eigenvalue weighted by atomic mass is 10.0. The van der Waals surface area contributed by atoms with E-state index in [1.54, 1.807) is 5.57 Å². The standard InChI is InChI=1S/C9H13N.2C9H14.2C8H13N/c1-8(2)7-9-3-5-10-6-4-9;2*1-8(2)7-9-5-3-4-6-9;2*1-7(2)5-8-3-4-9-6-8/h3-6,8H,7H2,1-2H3;3,5-6,8H,4,7H2,1-2H3;3-5,8H,6-7H2,1-2H3;3,6-7H,4-5H2,1-2H3;3-4,7H,5-6H2,1-2H3. The van der Waals surface area contributed by atoms with Crippen molar-refractivity contribution >= 4 is 12.4 Å². The van der Waals surface area contributed by atoms with Gasteiger partial charge in [-0.2, -0.15) is 0 Å². The van der Waals surface area contributed by atoms with Crippen molar-refractivity contribution in [1.29, 1.82) is 0 Å². The van der Waals surface area contributed by atoms with Crippen LogP contribution in [-0.2, 0) is 6.42 Å². The Morgan fingerprint density at radius 2 is 1.22 bits per heavy atom. The average Bonchev–Trinajstić information content (AvgIpc) is 3.80. The molecular weight excluding hydrogens is 558 g/mol. The molecular formula is C43H67N3. The first-order chi connectivity index (χ1) is 21.9. The van der Waals surface area contributed by atoms with Gasteiger partial charge in [0, 0.05) is 24.8 Å². The first-order valence-corrected chi connectivity index (χ1v) is 17.9. The topological polar surface area (TPSA) is 37.6 Å². The van der Waals surface area contributed by atoms with Crippen molar-refractivity contribution in [3.05, 3.63) is 101 Å². The van der Waals surface area contributed by atoms with Crippen LogP contribution in [0.2, 0.25) is 0 Å². The molecule has 3 heterocycles. The molecule has 2 aliphatic heterocycles. The summed E-state index contributed by atoms with van der Waals surface area (Å²) in [5.74, 6) is 3.90. The summed E-state index contributed by atoms with van der Waals surface area (Å²) in [6, 6.07) is 4.14. The smallest absolute Gasteiger partial charge is 0.0603 e. The van der Waals surface area contributed by atoms with E-state index in [0.717, 1.165) is 55.5 Å². The summed E-state index contributed by atoms with van der Waals surface area (Å²) in [7, 11) is 0. The quantitative estimate of drug-likeness (QED) is 0.255. The second-order valence-electron chi connectivity index (χ2n) is 14.8. The molecule has 1 aromatic heterocycles. The molecule has 0 saturated carbocycles. The molecule has 0 unspecified atom stereocenters. The van der Waals surface area contributed by atoms with Crippen molar-refractivity contribution in [2.45, 2.75) is 114 Å². The van der Waals surface area contributed by atoms with Gasteiger partial charge >= 0.3 is 0 Å². The van der Waals surface area contributed by atoms with Gasteiger partial charge in [0.25, 0.3) is 0 Å². The van der Waals surface area contributed by atoms with Gasteiger partial charge in [-0.3, -0.25) is 15.0 Å². The molecule has 0 spiro atoms. The highest BCUT2D eigenvalue weighted by Crippen LogP contribution is 2.19. The van der Waals surface area contributed by atoms with Crippen LogP contribution in [0.3, 0.4) is 0 Å². The summed E-state index contributed by atoms with van der Waals surface area (Å²) >= 11 is 0. The first-order valence-electron chi connectivity index (χ1n) is 17.9. The van der Waals surface area contributed by atoms with Gasteiger partial charge < -0.3 is 0 Å². The van der Waals surface area contributed by atoms with E-state index >= 15 is 0 Å². The fourth-order valence-electron chi connectivity index (χ4n) is 5.33. The molecule has 46 heavy (non-hydrogen) atoms. The Bertz CT molecular complexity index is 1110. The zero-order valence-electron chi connectivity index (χ0n) is 31.2. The minimum atomic E-state index is 0.738. The Hall–Kier alpha value is -3.07. The van der Waals surface area contributed by atoms with Crippen LogP contribution in [0, 0.1) is 29.6 Å². The maximum Gasteiger partial charge on any atom is 0.0603 e. The number of hydrogen-bond donors (Lipinski definition) is 0. The number of allylic oxidation sites excluding steroid dienone is 10. The zero-order valence-corrected chi connectivity index (χ0v) is 31.2. The average molecular weight is 626 g/mol. The van der Waals surface area contributed by atoms with Crippen molar-refractivity contribution in [2.24, 2.45) is 39.6 Å². The molecule has 3 heteroatoms. The fourth-order valence-corrected chi connectivity index (χ4v) is 5.33. The van der Waals surface area contributed by atoms with Gasteiger partial charge in [0.1, 0.15) is 0 Å². The second kappa shape index (κ2) is 25.1. The molecule has 2 aliphatic carbocycles. The van der Waals surface area contributed by atoms with Crippen LogP contribution in [0.1, 0.15) is 113 Å². The van der Waals surface area contributed by atoms with Crippen molar-refractivity contribution in [3.63, 3.8) is 0 Å². The minimum absolute atomic E-state index is 0.738. The molecule has 0 N–H and O–H groups in total. The van der Waals surface area contributed by atoms with Crippen molar-refractivity contribution < 1.29 is 0 Å². The molecule has 5 rings (SSSR count). The third-order valence-electron chi connectivity index (χ3n) is 7.14. The van der Waals surface area contributed by atoms with Gasteiger partial charge in [0.2, 0.25) is 0 Å². The monoisotopic (exact) mass is 626 g/mol. The maximum atomic E-state index is 4.10. The third-order valence-corrected chi connectivity index (χ3v) is 7.14. The molecule has 0 bridgehead atoms. The molecule has 0 radical (unpaired) electrons. The molecule has 0 saturated heterocycles. The summed E-state index contributed by atoms with van der Waals surface area (Å²) < 4.78 is 0. The summed E-state index contributed by atoms with van der Waals surface area (Å²) in [4.78, 5) is 12.2. The van der Waals surface area contributed by atoms with Crippen LogP contribution in [0.4, 0.5) is 0 Å². The predicted octanol–water partition coefficient (Wildman–Crippen LogP) is 12.2. The van der Waals surface area contributed by atoms with Gasteiger partial charge in [-0.25, -0.2) is 0 Å². The van der Waals surface area contributed by atoms with Crippen LogP contribution < -0.4 is 0 Å². The molecule has 4 aliphatic rings. The maximum absolute atomic E-state index is 4.10. The van der Waals surface area contributed by atoms with Gasteiger partial charge in [-0.05, 0) is 109 Å². The Kier molecular flexibility index (Phi) is 22.3. The summed E-state index contributed by atoms with van der Waals surface area (Å²) in [5, 5.41) is 0. The van der Waals surface area contributed by atoms with Crippen LogP contribution in [0.15, 0.2) is 105 Å². The number of pyridine rings is 1. The normalized spacial score (nSPS) is 15.5. The van der Waals surface area contributed by atoms with Gasteiger partial charge in [-0.15, -0.1) is 0 Å². The highest BCUT2D eigenvalue weighted by atomic mass is 14.7. The van der Waals surface area contributed by atoms with Crippen molar-refractivity contribution in [3.8, 4) is 0 Å². The Morgan fingerprint density at radius 3 is 1.67 bits per heavy atom. The number of aromatic nitrogens is 1. The number of rotatable bonds is 10. The van der Waals surface area contributed by atoms with E-state index in [0.29, 0.717) is 0 Å². The fraction of sp³-hybridized carbons (Fsp3) is 0.558. The SMILES string of the molecule is CC(C)CC1=CC=CC1.CC(C)CC1=CC=NC1.CC(C)CC1=CCC=C1.CC(C)CC1=CCN=C1.CC(C)Cc1ccncc1. The lowest BCUT2D eigenvalue weighted by molar-refractivity contribution is 0.637. The molecule has 0 aromatic carbocycles. The number of hydrogen-bond acceptors (Lipinski definition) is 3. The van der Waals surface area contributed by atoms with Crippen molar-refractivity contribution in [2.75, 3.05) is 13.1 Å². The lowest BCUT2D eigenvalue weighted by Crippen LogP contribution is -1.92. The van der Waals surface area contributed by atoms with E-state index in [9.17, 15) is 0 Å². The largest absolute Gasteiger partial charge is 0.289 e. The molecule has 0 amide bonds. The Morgan fingerprint density at radius 1 is 0.609 bits per heavy atom. The van der Waals surface area contributed by atoms with Crippen LogP contribution >= 0.6 is 0 Å². The van der Waals surface area contributed by atoms with Crippen molar-refractivity contribution in [1.82, 2.24) is 4.98 Å². The summed E-state index contributed by atoms with van der Waals surface area (Å²) in [6.07, 6.45) is 33.7. The van der Waals surface area contributed by atoms with Crippen LogP contribution in [-0.4, -0.2) is 30.5 Å². The first kappa shape index (κ1) is 41.0. The molecule has 0 fully saturated rings. The molecule has 1 aromatic rings. The van der Waals surface area contributed by atoms with Crippen LogP contribution in [0.25, 0.3) is 0 Å². The van der Waals surface area contributed by atoms with E-state index in [-0.39, 0.29) is 0 Å². The van der Waals surface area contributed by atoms with Gasteiger partial charge in [-0.1, -0.05) is 123 Å². The Balaban J connectivity index is 0.000000288. The Labute approximate surface area is 284 Å². The van der Waals surface area contributed by atoms with Crippen LogP contribution in [0.5, 0.6) is 0 Å². The summed E-state index contributed by atoms with van der Waals surface area (Å²) in [5.41, 5.74) is 7.37. The lowest BCUT2D eigenvalue weighted by Gasteiger charge is -2.03. The number of aliphatic imine (C=N–C) groups is 2. The number of nitrogens with zero attached hydrogens (tertiary/aromatic N) is 3.